The van der Waals surface area contributed by atoms with Crippen molar-refractivity contribution in [2.75, 3.05) is 0 Å². The number of hydrogen-bond acceptors (Lipinski definition) is 2. The van der Waals surface area contributed by atoms with Crippen molar-refractivity contribution in [3.05, 3.63) is 113 Å². The number of carbonyl (C=O) groups is 1. The van der Waals surface area contributed by atoms with Crippen molar-refractivity contribution in [3.8, 4) is 0 Å². The van der Waals surface area contributed by atoms with Crippen LogP contribution in [-0.4, -0.2) is 11.3 Å². The second-order valence-corrected chi connectivity index (χ2v) is 6.30. The van der Waals surface area contributed by atoms with Crippen LogP contribution in [0.4, 0.5) is 8.78 Å². The zero-order valence-corrected chi connectivity index (χ0v) is 14.3. The Kier molecular flexibility index (Phi) is 4.24. The van der Waals surface area contributed by atoms with Gasteiger partial charge in [0.05, 0.1) is 5.52 Å². The second-order valence-electron chi connectivity index (χ2n) is 6.30. The number of hydrogen-bond donors (Lipinski definition) is 0. The predicted molar refractivity (Wildman–Crippen MR) is 100 cm³/mol. The zero-order valence-electron chi connectivity index (χ0n) is 14.3. The molecule has 0 aliphatic carbocycles. The van der Waals surface area contributed by atoms with Crippen LogP contribution in [0.1, 0.15) is 16.7 Å². The molecule has 0 fully saturated rings. The van der Waals surface area contributed by atoms with Crippen LogP contribution in [0, 0.1) is 11.6 Å². The van der Waals surface area contributed by atoms with Gasteiger partial charge in [0, 0.05) is 22.7 Å². The molecule has 1 heterocycles. The summed E-state index contributed by atoms with van der Waals surface area (Å²) >= 11 is 0. The number of rotatable bonds is 4. The molecule has 0 atom stereocenters. The van der Waals surface area contributed by atoms with Crippen LogP contribution in [0.15, 0.2) is 85.1 Å². The fourth-order valence-corrected chi connectivity index (χ4v) is 3.50. The van der Waals surface area contributed by atoms with Crippen molar-refractivity contribution < 1.29 is 13.6 Å². The molecule has 0 saturated heterocycles. The lowest BCUT2D eigenvalue weighted by Gasteiger charge is -2.30. The highest BCUT2D eigenvalue weighted by Gasteiger charge is 2.40. The van der Waals surface area contributed by atoms with Crippen LogP contribution < -0.4 is 0 Å². The first-order valence-electron chi connectivity index (χ1n) is 8.48. The van der Waals surface area contributed by atoms with Crippen molar-refractivity contribution >= 4 is 17.2 Å². The third-order valence-electron chi connectivity index (χ3n) is 4.82. The van der Waals surface area contributed by atoms with E-state index in [2.05, 4.69) is 4.98 Å². The molecule has 0 amide bonds. The number of benzene rings is 3. The fourth-order valence-electron chi connectivity index (χ4n) is 3.50. The normalized spacial score (nSPS) is 11.5. The Bertz CT molecular complexity index is 1090. The van der Waals surface area contributed by atoms with Crippen LogP contribution in [-0.2, 0) is 10.2 Å². The molecule has 132 valence electrons. The molecule has 0 saturated carbocycles. The summed E-state index contributed by atoms with van der Waals surface area (Å²) in [4.78, 5) is 16.9. The molecule has 4 rings (SSSR count). The Morgan fingerprint density at radius 3 is 1.93 bits per heavy atom. The quantitative estimate of drug-likeness (QED) is 0.478. The Labute approximate surface area is 155 Å². The Morgan fingerprint density at radius 1 is 0.778 bits per heavy atom. The summed E-state index contributed by atoms with van der Waals surface area (Å²) in [6, 6.07) is 21.0. The van der Waals surface area contributed by atoms with Crippen LogP contribution in [0.25, 0.3) is 10.9 Å². The summed E-state index contributed by atoms with van der Waals surface area (Å²) in [7, 11) is 0. The number of pyridine rings is 1. The molecule has 0 N–H and O–H groups in total. The zero-order chi connectivity index (χ0) is 18.9. The monoisotopic (exact) mass is 359 g/mol. The molecule has 4 heteroatoms. The summed E-state index contributed by atoms with van der Waals surface area (Å²) in [5.74, 6) is -1.16. The number of halogens is 2. The van der Waals surface area contributed by atoms with Gasteiger partial charge >= 0.3 is 0 Å². The molecule has 27 heavy (non-hydrogen) atoms. The summed E-state index contributed by atoms with van der Waals surface area (Å²) < 4.78 is 29.6. The molecule has 0 spiro atoms. The van der Waals surface area contributed by atoms with Gasteiger partial charge in [-0.3, -0.25) is 4.98 Å². The Morgan fingerprint density at radius 2 is 1.33 bits per heavy atom. The molecule has 0 bridgehead atoms. The lowest BCUT2D eigenvalue weighted by Crippen LogP contribution is -2.33. The van der Waals surface area contributed by atoms with Crippen LogP contribution >= 0.6 is 0 Å². The van der Waals surface area contributed by atoms with E-state index in [0.29, 0.717) is 11.8 Å². The van der Waals surface area contributed by atoms with Gasteiger partial charge in [-0.2, -0.15) is 0 Å². The lowest BCUT2D eigenvalue weighted by atomic mass is 9.70. The van der Waals surface area contributed by atoms with E-state index in [1.165, 1.54) is 42.6 Å². The lowest BCUT2D eigenvalue weighted by molar-refractivity contribution is -0.110. The van der Waals surface area contributed by atoms with Crippen molar-refractivity contribution in [1.29, 1.82) is 0 Å². The van der Waals surface area contributed by atoms with E-state index in [9.17, 15) is 13.6 Å². The molecule has 3 aromatic carbocycles. The van der Waals surface area contributed by atoms with E-state index < -0.39 is 17.0 Å². The predicted octanol–water partition coefficient (Wildman–Crippen LogP) is 5.05. The maximum Gasteiger partial charge on any atom is 0.139 e. The maximum absolute atomic E-state index is 14.8. The number of carbonyl (C=O) groups excluding carboxylic acids is 1. The molecule has 4 aromatic rings. The van der Waals surface area contributed by atoms with Crippen LogP contribution in [0.2, 0.25) is 0 Å². The number of aromatic nitrogens is 1. The molecule has 0 aliphatic rings. The van der Waals surface area contributed by atoms with Gasteiger partial charge in [-0.25, -0.2) is 8.78 Å². The minimum absolute atomic E-state index is 0.0854. The van der Waals surface area contributed by atoms with E-state index in [0.717, 1.165) is 10.9 Å². The fraction of sp³-hybridized carbons (Fsp3) is 0.0435. The van der Waals surface area contributed by atoms with Gasteiger partial charge < -0.3 is 4.79 Å². The largest absolute Gasteiger partial charge is 0.302 e. The highest BCUT2D eigenvalue weighted by atomic mass is 19.1. The number of fused-ring (bicyclic) bond motifs is 1. The minimum atomic E-state index is -1.65. The number of para-hydroxylation sites is 1. The highest BCUT2D eigenvalue weighted by Crippen LogP contribution is 2.40. The van der Waals surface area contributed by atoms with E-state index in [-0.39, 0.29) is 11.1 Å². The summed E-state index contributed by atoms with van der Waals surface area (Å²) in [6.07, 6.45) is 2.10. The Balaban J connectivity index is 2.11. The smallest absolute Gasteiger partial charge is 0.139 e. The maximum atomic E-state index is 14.8. The van der Waals surface area contributed by atoms with Crippen LogP contribution in [0.5, 0.6) is 0 Å². The summed E-state index contributed by atoms with van der Waals surface area (Å²) in [5.41, 5.74) is -0.327. The van der Waals surface area contributed by atoms with Crippen molar-refractivity contribution in [2.24, 2.45) is 0 Å². The summed E-state index contributed by atoms with van der Waals surface area (Å²) in [5, 5.41) is 0.786. The minimum Gasteiger partial charge on any atom is -0.302 e. The first kappa shape index (κ1) is 17.0. The van der Waals surface area contributed by atoms with E-state index in [4.69, 9.17) is 0 Å². The third kappa shape index (κ3) is 2.70. The SMILES string of the molecule is O=CC(c1cnc2ccccc2c1)(c1ccccc1F)c1ccccc1F. The first-order valence-corrected chi connectivity index (χ1v) is 8.48. The highest BCUT2D eigenvalue weighted by molar-refractivity contribution is 5.85. The average molecular weight is 359 g/mol. The molecular weight excluding hydrogens is 344 g/mol. The van der Waals surface area contributed by atoms with Gasteiger partial charge in [-0.1, -0.05) is 54.6 Å². The molecule has 2 nitrogen and oxygen atoms in total. The number of nitrogens with zero attached hydrogens (tertiary/aromatic N) is 1. The molecule has 0 radical (unpaired) electrons. The third-order valence-corrected chi connectivity index (χ3v) is 4.82. The molecule has 0 aliphatic heterocycles. The van der Waals surface area contributed by atoms with E-state index >= 15 is 0 Å². The van der Waals surface area contributed by atoms with Crippen molar-refractivity contribution in [3.63, 3.8) is 0 Å². The molecule has 0 unspecified atom stereocenters. The first-order chi connectivity index (χ1) is 13.2. The van der Waals surface area contributed by atoms with Gasteiger partial charge in [0.2, 0.25) is 0 Å². The molecule has 1 aromatic heterocycles. The van der Waals surface area contributed by atoms with E-state index in [1.807, 2.05) is 24.3 Å². The van der Waals surface area contributed by atoms with Gasteiger partial charge in [0.25, 0.3) is 0 Å². The van der Waals surface area contributed by atoms with Crippen molar-refractivity contribution in [2.45, 2.75) is 5.41 Å². The second kappa shape index (κ2) is 6.72. The average Bonchev–Trinajstić information content (AvgIpc) is 2.71. The van der Waals surface area contributed by atoms with Crippen molar-refractivity contribution in [1.82, 2.24) is 4.98 Å². The standard InChI is InChI=1S/C23H15F2NO/c24-20-10-4-2-8-18(20)23(15-27,19-9-3-5-11-21(19)25)17-13-16-7-1-6-12-22(16)26-14-17/h1-15H. The van der Waals surface area contributed by atoms with Gasteiger partial charge in [0.15, 0.2) is 0 Å². The topological polar surface area (TPSA) is 30.0 Å². The van der Waals surface area contributed by atoms with Gasteiger partial charge in [0.1, 0.15) is 23.3 Å². The summed E-state index contributed by atoms with van der Waals surface area (Å²) in [6.45, 7) is 0. The van der Waals surface area contributed by atoms with E-state index in [1.54, 1.807) is 18.2 Å². The van der Waals surface area contributed by atoms with Crippen LogP contribution in [0.3, 0.4) is 0 Å². The number of aldehydes is 1. The Hall–Kier alpha value is -3.40. The van der Waals surface area contributed by atoms with Gasteiger partial charge in [-0.05, 0) is 29.8 Å². The molecular formula is C23H15F2NO. The van der Waals surface area contributed by atoms with Gasteiger partial charge in [-0.15, -0.1) is 0 Å².